The first-order valence-corrected chi connectivity index (χ1v) is 10.7. The third-order valence-electron chi connectivity index (χ3n) is 5.15. The van der Waals surface area contributed by atoms with Gasteiger partial charge in [-0.25, -0.2) is 4.98 Å². The second-order valence-electron chi connectivity index (χ2n) is 7.58. The van der Waals surface area contributed by atoms with E-state index < -0.39 is 0 Å². The zero-order chi connectivity index (χ0) is 21.3. The molecule has 1 heterocycles. The summed E-state index contributed by atoms with van der Waals surface area (Å²) in [4.78, 5) is 22.4. The van der Waals surface area contributed by atoms with Crippen molar-refractivity contribution in [3.05, 3.63) is 65.7 Å². The summed E-state index contributed by atoms with van der Waals surface area (Å²) in [6, 6.07) is 18.0. The van der Waals surface area contributed by atoms with E-state index in [0.717, 1.165) is 33.1 Å². The number of rotatable bonds is 6. The van der Waals surface area contributed by atoms with E-state index in [-0.39, 0.29) is 5.91 Å². The van der Waals surface area contributed by atoms with Gasteiger partial charge in [-0.1, -0.05) is 47.7 Å². The molecular formula is C24H25N3O2S. The predicted octanol–water partition coefficient (Wildman–Crippen LogP) is 4.97. The van der Waals surface area contributed by atoms with E-state index in [0.29, 0.717) is 23.0 Å². The highest BCUT2D eigenvalue weighted by atomic mass is 32.1. The molecule has 0 saturated carbocycles. The van der Waals surface area contributed by atoms with Crippen molar-refractivity contribution in [3.8, 4) is 5.75 Å². The Morgan fingerprint density at radius 2 is 1.77 bits per heavy atom. The van der Waals surface area contributed by atoms with Crippen LogP contribution in [-0.2, 0) is 0 Å². The van der Waals surface area contributed by atoms with Crippen LogP contribution in [0.3, 0.4) is 0 Å². The van der Waals surface area contributed by atoms with Crippen LogP contribution < -0.4 is 9.64 Å². The molecule has 0 aliphatic rings. The lowest BCUT2D eigenvalue weighted by molar-refractivity contribution is 0.0982. The summed E-state index contributed by atoms with van der Waals surface area (Å²) in [6.45, 7) is 3.32. The fourth-order valence-corrected chi connectivity index (χ4v) is 4.54. The molecule has 0 radical (unpaired) electrons. The normalized spacial score (nSPS) is 11.4. The molecule has 0 aliphatic carbocycles. The lowest BCUT2D eigenvalue weighted by Gasteiger charge is -2.23. The Morgan fingerprint density at radius 3 is 2.43 bits per heavy atom. The van der Waals surface area contributed by atoms with Crippen LogP contribution >= 0.6 is 11.3 Å². The van der Waals surface area contributed by atoms with E-state index in [1.807, 2.05) is 69.6 Å². The number of fused-ring (bicyclic) bond motifs is 2. The van der Waals surface area contributed by atoms with Crippen molar-refractivity contribution in [1.29, 1.82) is 0 Å². The van der Waals surface area contributed by atoms with Gasteiger partial charge in [0.15, 0.2) is 5.13 Å². The number of thiazole rings is 1. The number of methoxy groups -OCH3 is 1. The highest BCUT2D eigenvalue weighted by Crippen LogP contribution is 2.33. The molecule has 0 fully saturated rings. The number of para-hydroxylation sites is 1. The standard InChI is InChI=1S/C24H25N3O2S/c1-16-8-7-11-21-22(16)25-24(30-21)27(13-12-26(2)3)23(28)19-14-17-9-5-6-10-18(17)15-20(19)29-4/h5-11,14-15H,12-13H2,1-4H3. The maximum absolute atomic E-state index is 13.7. The molecule has 1 amide bonds. The number of benzene rings is 3. The van der Waals surface area contributed by atoms with E-state index in [4.69, 9.17) is 9.72 Å². The summed E-state index contributed by atoms with van der Waals surface area (Å²) in [5.74, 6) is 0.474. The van der Waals surface area contributed by atoms with Crippen molar-refractivity contribution in [1.82, 2.24) is 9.88 Å². The van der Waals surface area contributed by atoms with Crippen LogP contribution in [0, 0.1) is 6.92 Å². The molecule has 6 heteroatoms. The van der Waals surface area contributed by atoms with Crippen molar-refractivity contribution in [2.24, 2.45) is 0 Å². The second kappa shape index (κ2) is 8.42. The van der Waals surface area contributed by atoms with Crippen molar-refractivity contribution in [3.63, 3.8) is 0 Å². The smallest absolute Gasteiger partial charge is 0.263 e. The van der Waals surface area contributed by atoms with Gasteiger partial charge in [-0.2, -0.15) is 0 Å². The van der Waals surface area contributed by atoms with Crippen LogP contribution in [0.5, 0.6) is 5.75 Å². The zero-order valence-corrected chi connectivity index (χ0v) is 18.5. The largest absolute Gasteiger partial charge is 0.496 e. The molecule has 5 nitrogen and oxygen atoms in total. The number of nitrogens with zero attached hydrogens (tertiary/aromatic N) is 3. The Hall–Kier alpha value is -2.96. The van der Waals surface area contributed by atoms with Gasteiger partial charge < -0.3 is 9.64 Å². The van der Waals surface area contributed by atoms with Crippen molar-refractivity contribution >= 4 is 43.4 Å². The predicted molar refractivity (Wildman–Crippen MR) is 125 cm³/mol. The van der Waals surface area contributed by atoms with E-state index in [9.17, 15) is 4.79 Å². The number of ether oxygens (including phenoxy) is 1. The summed E-state index contributed by atoms with van der Waals surface area (Å²) in [7, 11) is 5.61. The molecule has 0 atom stereocenters. The van der Waals surface area contributed by atoms with Crippen LogP contribution in [0.25, 0.3) is 21.0 Å². The van der Waals surface area contributed by atoms with E-state index in [2.05, 4.69) is 11.0 Å². The SMILES string of the molecule is COc1cc2ccccc2cc1C(=O)N(CCN(C)C)c1nc2c(C)cccc2s1. The van der Waals surface area contributed by atoms with Gasteiger partial charge >= 0.3 is 0 Å². The second-order valence-corrected chi connectivity index (χ2v) is 8.59. The number of hydrogen-bond acceptors (Lipinski definition) is 5. The van der Waals surface area contributed by atoms with Gasteiger partial charge in [-0.3, -0.25) is 9.69 Å². The third-order valence-corrected chi connectivity index (χ3v) is 6.20. The van der Waals surface area contributed by atoms with Gasteiger partial charge in [0.2, 0.25) is 0 Å². The molecule has 3 aromatic carbocycles. The Morgan fingerprint density at radius 1 is 1.03 bits per heavy atom. The fourth-order valence-electron chi connectivity index (χ4n) is 3.47. The zero-order valence-electron chi connectivity index (χ0n) is 17.7. The number of hydrogen-bond donors (Lipinski definition) is 0. The Labute approximate surface area is 180 Å². The molecule has 0 spiro atoms. The molecule has 4 aromatic rings. The molecule has 0 N–H and O–H groups in total. The molecule has 4 rings (SSSR count). The average molecular weight is 420 g/mol. The van der Waals surface area contributed by atoms with Crippen LogP contribution in [0.4, 0.5) is 5.13 Å². The van der Waals surface area contributed by atoms with Crippen LogP contribution in [-0.4, -0.2) is 50.1 Å². The Kier molecular flexibility index (Phi) is 5.70. The molecular weight excluding hydrogens is 394 g/mol. The molecule has 1 aromatic heterocycles. The molecule has 0 saturated heterocycles. The average Bonchev–Trinajstić information content (AvgIpc) is 3.18. The molecule has 154 valence electrons. The van der Waals surface area contributed by atoms with Crippen LogP contribution in [0.2, 0.25) is 0 Å². The van der Waals surface area contributed by atoms with Gasteiger partial charge in [0.1, 0.15) is 5.75 Å². The maximum atomic E-state index is 13.7. The first-order valence-electron chi connectivity index (χ1n) is 9.87. The number of anilines is 1. The highest BCUT2D eigenvalue weighted by Gasteiger charge is 2.25. The number of amides is 1. The number of aromatic nitrogens is 1. The van der Waals surface area contributed by atoms with E-state index in [1.54, 1.807) is 23.3 Å². The number of aryl methyl sites for hydroxylation is 1. The maximum Gasteiger partial charge on any atom is 0.263 e. The third kappa shape index (κ3) is 3.88. The molecule has 0 unspecified atom stereocenters. The number of likely N-dealkylation sites (N-methyl/N-ethyl adjacent to an activating group) is 1. The summed E-state index contributed by atoms with van der Waals surface area (Å²) in [5, 5.41) is 2.76. The van der Waals surface area contributed by atoms with Crippen molar-refractivity contribution in [2.75, 3.05) is 39.2 Å². The first kappa shape index (κ1) is 20.3. The number of carbonyl (C=O) groups excluding carboxylic acids is 1. The highest BCUT2D eigenvalue weighted by molar-refractivity contribution is 7.22. The Balaban J connectivity index is 1.81. The quantitative estimate of drug-likeness (QED) is 0.442. The van der Waals surface area contributed by atoms with E-state index >= 15 is 0 Å². The van der Waals surface area contributed by atoms with Crippen LogP contribution in [0.1, 0.15) is 15.9 Å². The fraction of sp³-hybridized carbons (Fsp3) is 0.250. The topological polar surface area (TPSA) is 45.7 Å². The lowest BCUT2D eigenvalue weighted by atomic mass is 10.0. The van der Waals surface area contributed by atoms with Gasteiger partial charge in [-0.05, 0) is 55.6 Å². The minimum absolute atomic E-state index is 0.101. The lowest BCUT2D eigenvalue weighted by Crippen LogP contribution is -2.37. The van der Waals surface area contributed by atoms with Gasteiger partial charge in [0.05, 0.1) is 22.9 Å². The molecule has 30 heavy (non-hydrogen) atoms. The molecule has 0 bridgehead atoms. The van der Waals surface area contributed by atoms with Gasteiger partial charge in [-0.15, -0.1) is 0 Å². The summed E-state index contributed by atoms with van der Waals surface area (Å²) >= 11 is 1.55. The van der Waals surface area contributed by atoms with E-state index in [1.165, 1.54) is 0 Å². The van der Waals surface area contributed by atoms with Gasteiger partial charge in [0, 0.05) is 13.1 Å². The monoisotopic (exact) mass is 419 g/mol. The first-order chi connectivity index (χ1) is 14.5. The van der Waals surface area contributed by atoms with Gasteiger partial charge in [0.25, 0.3) is 5.91 Å². The minimum atomic E-state index is -0.101. The summed E-state index contributed by atoms with van der Waals surface area (Å²) < 4.78 is 6.67. The Bertz CT molecular complexity index is 1220. The van der Waals surface area contributed by atoms with Crippen LogP contribution in [0.15, 0.2) is 54.6 Å². The summed E-state index contributed by atoms with van der Waals surface area (Å²) in [5.41, 5.74) is 2.61. The van der Waals surface area contributed by atoms with Crippen molar-refractivity contribution in [2.45, 2.75) is 6.92 Å². The molecule has 0 aliphatic heterocycles. The number of carbonyl (C=O) groups is 1. The van der Waals surface area contributed by atoms with Crippen molar-refractivity contribution < 1.29 is 9.53 Å². The minimum Gasteiger partial charge on any atom is -0.496 e. The summed E-state index contributed by atoms with van der Waals surface area (Å²) in [6.07, 6.45) is 0.